The van der Waals surface area contributed by atoms with Crippen molar-refractivity contribution in [3.8, 4) is 5.75 Å². The molecule has 1 saturated carbocycles. The van der Waals surface area contributed by atoms with Gasteiger partial charge in [-0.3, -0.25) is 0 Å². The zero-order chi connectivity index (χ0) is 12.1. The summed E-state index contributed by atoms with van der Waals surface area (Å²) in [6, 6.07) is 5.03. The average Bonchev–Trinajstić information content (AvgIpc) is 2.38. The van der Waals surface area contributed by atoms with Crippen LogP contribution in [0.5, 0.6) is 5.75 Å². The maximum Gasteiger partial charge on any atom is 0.167 e. The molecule has 1 N–H and O–H groups in total. The first-order valence-electron chi connectivity index (χ1n) is 6.37. The van der Waals surface area contributed by atoms with E-state index in [1.54, 1.807) is 6.07 Å². The molecule has 0 spiro atoms. The van der Waals surface area contributed by atoms with Crippen molar-refractivity contribution in [3.05, 3.63) is 24.0 Å². The van der Waals surface area contributed by atoms with Crippen molar-refractivity contribution in [2.24, 2.45) is 5.92 Å². The van der Waals surface area contributed by atoms with Gasteiger partial charge in [-0.15, -0.1) is 0 Å². The third-order valence-corrected chi connectivity index (χ3v) is 3.47. The number of rotatable bonds is 4. The molecular weight excluding hydrogens is 217 g/mol. The van der Waals surface area contributed by atoms with E-state index < -0.39 is 0 Å². The molecule has 1 fully saturated rings. The molecule has 0 heterocycles. The number of ether oxygens (including phenoxy) is 1. The summed E-state index contributed by atoms with van der Waals surface area (Å²) in [5.74, 6) is 0.739. The SMILES string of the molecule is COc1ccc(NCC2CCCCC2)cc1F. The fourth-order valence-corrected chi connectivity index (χ4v) is 2.43. The van der Waals surface area contributed by atoms with Gasteiger partial charge in [0.2, 0.25) is 0 Å². The third-order valence-electron chi connectivity index (χ3n) is 3.47. The number of methoxy groups -OCH3 is 1. The van der Waals surface area contributed by atoms with Crippen LogP contribution in [-0.4, -0.2) is 13.7 Å². The van der Waals surface area contributed by atoms with Crippen LogP contribution in [0.1, 0.15) is 32.1 Å². The van der Waals surface area contributed by atoms with Gasteiger partial charge in [0.1, 0.15) is 0 Å². The van der Waals surface area contributed by atoms with Crippen LogP contribution in [0.15, 0.2) is 18.2 Å². The molecule has 0 unspecified atom stereocenters. The predicted octanol–water partition coefficient (Wildman–Crippen LogP) is 3.83. The minimum absolute atomic E-state index is 0.299. The van der Waals surface area contributed by atoms with Crippen LogP contribution in [0.25, 0.3) is 0 Å². The maximum absolute atomic E-state index is 13.5. The molecule has 2 nitrogen and oxygen atoms in total. The molecule has 0 aliphatic heterocycles. The molecule has 94 valence electrons. The lowest BCUT2D eigenvalue weighted by atomic mass is 9.89. The first-order valence-corrected chi connectivity index (χ1v) is 6.37. The van der Waals surface area contributed by atoms with Crippen molar-refractivity contribution in [1.29, 1.82) is 0 Å². The molecule has 0 atom stereocenters. The second-order valence-corrected chi connectivity index (χ2v) is 4.73. The van der Waals surface area contributed by atoms with Crippen LogP contribution in [0, 0.1) is 11.7 Å². The first-order chi connectivity index (χ1) is 8.29. The number of nitrogens with one attached hydrogen (secondary N) is 1. The van der Waals surface area contributed by atoms with Crippen molar-refractivity contribution < 1.29 is 9.13 Å². The highest BCUT2D eigenvalue weighted by molar-refractivity contribution is 5.47. The fraction of sp³-hybridized carbons (Fsp3) is 0.571. The van der Waals surface area contributed by atoms with Gasteiger partial charge in [0.25, 0.3) is 0 Å². The van der Waals surface area contributed by atoms with Crippen LogP contribution in [-0.2, 0) is 0 Å². The molecule has 1 aliphatic carbocycles. The van der Waals surface area contributed by atoms with E-state index in [1.165, 1.54) is 45.3 Å². The van der Waals surface area contributed by atoms with Gasteiger partial charge in [0.15, 0.2) is 11.6 Å². The molecule has 1 aromatic carbocycles. The van der Waals surface area contributed by atoms with E-state index in [1.807, 2.05) is 6.07 Å². The summed E-state index contributed by atoms with van der Waals surface area (Å²) < 4.78 is 18.3. The Hall–Kier alpha value is -1.25. The standard InChI is InChI=1S/C14H20FNO/c1-17-14-8-7-12(9-13(14)15)16-10-11-5-3-2-4-6-11/h7-9,11,16H,2-6,10H2,1H3. The van der Waals surface area contributed by atoms with Crippen molar-refractivity contribution >= 4 is 5.69 Å². The summed E-state index contributed by atoms with van der Waals surface area (Å²) in [5, 5.41) is 3.31. The number of benzene rings is 1. The van der Waals surface area contributed by atoms with Gasteiger partial charge >= 0.3 is 0 Å². The van der Waals surface area contributed by atoms with Gasteiger partial charge in [-0.1, -0.05) is 19.3 Å². The van der Waals surface area contributed by atoms with Crippen molar-refractivity contribution in [2.45, 2.75) is 32.1 Å². The molecule has 0 aromatic heterocycles. The van der Waals surface area contributed by atoms with Gasteiger partial charge in [-0.2, -0.15) is 0 Å². The Labute approximate surface area is 102 Å². The van der Waals surface area contributed by atoms with Gasteiger partial charge in [0, 0.05) is 18.3 Å². The lowest BCUT2D eigenvalue weighted by Crippen LogP contribution is -2.17. The molecule has 0 radical (unpaired) electrons. The molecule has 1 aliphatic rings. The average molecular weight is 237 g/mol. The summed E-state index contributed by atoms with van der Waals surface area (Å²) in [6.07, 6.45) is 6.64. The quantitative estimate of drug-likeness (QED) is 0.859. The summed E-state index contributed by atoms with van der Waals surface area (Å²) in [6.45, 7) is 0.950. The Morgan fingerprint density at radius 1 is 1.29 bits per heavy atom. The lowest BCUT2D eigenvalue weighted by Gasteiger charge is -2.22. The number of hydrogen-bond donors (Lipinski definition) is 1. The van der Waals surface area contributed by atoms with Gasteiger partial charge in [-0.05, 0) is 30.9 Å². The third kappa shape index (κ3) is 3.35. The van der Waals surface area contributed by atoms with E-state index in [2.05, 4.69) is 5.32 Å². The summed E-state index contributed by atoms with van der Waals surface area (Å²) in [5.41, 5.74) is 0.842. The van der Waals surface area contributed by atoms with Crippen molar-refractivity contribution in [2.75, 3.05) is 19.0 Å². The zero-order valence-electron chi connectivity index (χ0n) is 10.3. The molecule has 0 amide bonds. The number of halogens is 1. The second-order valence-electron chi connectivity index (χ2n) is 4.73. The minimum Gasteiger partial charge on any atom is -0.494 e. The van der Waals surface area contributed by atoms with Crippen LogP contribution in [0.3, 0.4) is 0 Å². The van der Waals surface area contributed by atoms with E-state index in [-0.39, 0.29) is 5.82 Å². The Morgan fingerprint density at radius 2 is 2.06 bits per heavy atom. The number of hydrogen-bond acceptors (Lipinski definition) is 2. The maximum atomic E-state index is 13.5. The predicted molar refractivity (Wildman–Crippen MR) is 68.0 cm³/mol. The van der Waals surface area contributed by atoms with E-state index in [0.29, 0.717) is 5.75 Å². The first kappa shape index (κ1) is 12.2. The Bertz CT molecular complexity index is 361. The van der Waals surface area contributed by atoms with Crippen molar-refractivity contribution in [3.63, 3.8) is 0 Å². The van der Waals surface area contributed by atoms with E-state index in [0.717, 1.165) is 18.2 Å². The number of anilines is 1. The Kier molecular flexibility index (Phi) is 4.24. The van der Waals surface area contributed by atoms with Gasteiger partial charge in [0.05, 0.1) is 7.11 Å². The minimum atomic E-state index is -0.304. The highest BCUT2D eigenvalue weighted by Crippen LogP contribution is 2.25. The van der Waals surface area contributed by atoms with E-state index in [4.69, 9.17) is 4.74 Å². The summed E-state index contributed by atoms with van der Waals surface area (Å²) in [4.78, 5) is 0. The molecular formula is C14H20FNO. The zero-order valence-corrected chi connectivity index (χ0v) is 10.3. The lowest BCUT2D eigenvalue weighted by molar-refractivity contribution is 0.373. The van der Waals surface area contributed by atoms with Crippen LogP contribution < -0.4 is 10.1 Å². The summed E-state index contributed by atoms with van der Waals surface area (Å²) in [7, 11) is 1.48. The highest BCUT2D eigenvalue weighted by atomic mass is 19.1. The smallest absolute Gasteiger partial charge is 0.167 e. The van der Waals surface area contributed by atoms with E-state index >= 15 is 0 Å². The molecule has 1 aromatic rings. The summed E-state index contributed by atoms with van der Waals surface area (Å²) >= 11 is 0. The topological polar surface area (TPSA) is 21.3 Å². The highest BCUT2D eigenvalue weighted by Gasteiger charge is 2.13. The fourth-order valence-electron chi connectivity index (χ4n) is 2.43. The molecule has 0 saturated heterocycles. The molecule has 17 heavy (non-hydrogen) atoms. The Morgan fingerprint density at radius 3 is 2.71 bits per heavy atom. The molecule has 3 heteroatoms. The Balaban J connectivity index is 1.87. The largest absolute Gasteiger partial charge is 0.494 e. The monoisotopic (exact) mass is 237 g/mol. The van der Waals surface area contributed by atoms with Crippen LogP contribution in [0.2, 0.25) is 0 Å². The molecule has 2 rings (SSSR count). The van der Waals surface area contributed by atoms with Crippen molar-refractivity contribution in [1.82, 2.24) is 0 Å². The van der Waals surface area contributed by atoms with Crippen LogP contribution in [0.4, 0.5) is 10.1 Å². The molecule has 0 bridgehead atoms. The normalized spacial score (nSPS) is 16.8. The van der Waals surface area contributed by atoms with Gasteiger partial charge < -0.3 is 10.1 Å². The van der Waals surface area contributed by atoms with E-state index in [9.17, 15) is 4.39 Å². The van der Waals surface area contributed by atoms with Gasteiger partial charge in [-0.25, -0.2) is 4.39 Å². The second kappa shape index (κ2) is 5.89. The van der Waals surface area contributed by atoms with Crippen LogP contribution >= 0.6 is 0 Å².